The molecule has 10 heteroatoms. The maximum Gasteiger partial charge on any atom is 0.338 e. The van der Waals surface area contributed by atoms with Gasteiger partial charge in [0.05, 0.1) is 23.6 Å². The number of carbonyl (C=O) groups is 1. The standard InChI is InChI=1S/C28H35N3O6S/c1-17-15-24(36-5)18(2)19(3)26(17)38(34,35)30-28-29-20(4)25(23-12-11-22(13-14-32)31(23)28)27(33)37-16-21-9-7-6-8-10-21/h6-10,15,22-23,32H,11-14,16H2,1-5H3,(H,29,30)/t22-,23+/m0/s1. The van der Waals surface area contributed by atoms with Crippen molar-refractivity contribution in [1.82, 2.24) is 10.2 Å². The average molecular weight is 542 g/mol. The first kappa shape index (κ1) is 27.7. The highest BCUT2D eigenvalue weighted by molar-refractivity contribution is 7.90. The van der Waals surface area contributed by atoms with Crippen LogP contribution in [0.3, 0.4) is 0 Å². The number of hydrogen-bond acceptors (Lipinski definition) is 6. The summed E-state index contributed by atoms with van der Waals surface area (Å²) in [5, 5.41) is 12.8. The minimum Gasteiger partial charge on any atom is -0.496 e. The van der Waals surface area contributed by atoms with Crippen molar-refractivity contribution >= 4 is 22.0 Å². The Morgan fingerprint density at radius 1 is 1.13 bits per heavy atom. The van der Waals surface area contributed by atoms with Crippen molar-refractivity contribution in [1.29, 1.82) is 0 Å². The number of ether oxygens (including phenoxy) is 2. The zero-order valence-electron chi connectivity index (χ0n) is 22.4. The number of allylic oxidation sites excluding steroid dienone is 1. The number of rotatable bonds is 8. The van der Waals surface area contributed by atoms with Gasteiger partial charge in [0.2, 0.25) is 5.96 Å². The molecule has 1 fully saturated rings. The molecule has 9 nitrogen and oxygen atoms in total. The molecular weight excluding hydrogens is 506 g/mol. The van der Waals surface area contributed by atoms with Crippen molar-refractivity contribution in [3.05, 3.63) is 69.9 Å². The van der Waals surface area contributed by atoms with Gasteiger partial charge in [-0.25, -0.2) is 4.79 Å². The first-order chi connectivity index (χ1) is 18.1. The highest BCUT2D eigenvalue weighted by Crippen LogP contribution is 2.37. The Kier molecular flexibility index (Phi) is 8.13. The zero-order valence-corrected chi connectivity index (χ0v) is 23.3. The van der Waals surface area contributed by atoms with Crippen LogP contribution in [0.1, 0.15) is 48.4 Å². The second-order valence-electron chi connectivity index (χ2n) is 9.76. The van der Waals surface area contributed by atoms with Gasteiger partial charge in [0.1, 0.15) is 12.4 Å². The summed E-state index contributed by atoms with van der Waals surface area (Å²) in [6.45, 7) is 7.06. The summed E-state index contributed by atoms with van der Waals surface area (Å²) >= 11 is 0. The van der Waals surface area contributed by atoms with Crippen molar-refractivity contribution in [3.8, 4) is 5.75 Å². The van der Waals surface area contributed by atoms with Crippen LogP contribution in [-0.2, 0) is 26.2 Å². The highest BCUT2D eigenvalue weighted by atomic mass is 32.2. The molecule has 0 bridgehead atoms. The number of carbonyl (C=O) groups excluding carboxylic acids is 1. The Hall–Kier alpha value is -3.37. The van der Waals surface area contributed by atoms with Crippen LogP contribution in [-0.4, -0.2) is 56.2 Å². The fourth-order valence-electron chi connectivity index (χ4n) is 5.42. The lowest BCUT2D eigenvalue weighted by Gasteiger charge is -2.38. The predicted octanol–water partition coefficient (Wildman–Crippen LogP) is 3.50. The molecule has 0 unspecified atom stereocenters. The molecule has 2 aromatic rings. The Labute approximate surface area is 224 Å². The third kappa shape index (κ3) is 5.28. The van der Waals surface area contributed by atoms with Crippen LogP contribution in [0, 0.1) is 20.8 Å². The number of methoxy groups -OCH3 is 1. The largest absolute Gasteiger partial charge is 0.496 e. The van der Waals surface area contributed by atoms with Crippen LogP contribution in [0.25, 0.3) is 0 Å². The van der Waals surface area contributed by atoms with Crippen LogP contribution in [0.15, 0.2) is 57.0 Å². The van der Waals surface area contributed by atoms with Crippen molar-refractivity contribution in [2.24, 2.45) is 4.40 Å². The van der Waals surface area contributed by atoms with E-state index in [2.05, 4.69) is 9.71 Å². The smallest absolute Gasteiger partial charge is 0.338 e. The van der Waals surface area contributed by atoms with Gasteiger partial charge in [0, 0.05) is 18.3 Å². The summed E-state index contributed by atoms with van der Waals surface area (Å²) in [7, 11) is -2.58. The van der Waals surface area contributed by atoms with Gasteiger partial charge in [-0.3, -0.25) is 0 Å². The number of benzene rings is 2. The molecule has 38 heavy (non-hydrogen) atoms. The average Bonchev–Trinajstić information content (AvgIpc) is 3.29. The molecule has 0 aliphatic carbocycles. The minimum absolute atomic E-state index is 0.0692. The van der Waals surface area contributed by atoms with Crippen molar-refractivity contribution in [3.63, 3.8) is 0 Å². The highest BCUT2D eigenvalue weighted by Gasteiger charge is 2.44. The molecule has 2 aromatic carbocycles. The topological polar surface area (TPSA) is 118 Å². The van der Waals surface area contributed by atoms with Gasteiger partial charge in [0.25, 0.3) is 10.0 Å². The van der Waals surface area contributed by atoms with Gasteiger partial charge in [0.15, 0.2) is 0 Å². The SMILES string of the molecule is COc1cc(C)c(S(=O)(=O)/N=C2\NC(C)=C(C(=O)OCc3ccccc3)[C@H]3CC[C@@H](CCO)N23)c(C)c1C. The van der Waals surface area contributed by atoms with Crippen molar-refractivity contribution in [2.75, 3.05) is 13.7 Å². The molecule has 0 spiro atoms. The molecule has 2 heterocycles. The lowest BCUT2D eigenvalue weighted by atomic mass is 10.0. The maximum atomic E-state index is 13.7. The number of aryl methyl sites for hydroxylation is 1. The molecule has 0 amide bonds. The second-order valence-corrected chi connectivity index (χ2v) is 11.3. The lowest BCUT2D eigenvalue weighted by molar-refractivity contribution is -0.141. The van der Waals surface area contributed by atoms with Gasteiger partial charge < -0.3 is 24.8 Å². The normalized spacial score (nSPS) is 20.4. The van der Waals surface area contributed by atoms with Gasteiger partial charge in [-0.05, 0) is 75.3 Å². The minimum atomic E-state index is -4.13. The third-order valence-corrected chi connectivity index (χ3v) is 8.90. The number of esters is 1. The van der Waals surface area contributed by atoms with E-state index in [-0.39, 0.29) is 30.1 Å². The molecule has 0 radical (unpaired) electrons. The fourth-order valence-corrected chi connectivity index (χ4v) is 6.88. The number of guanidine groups is 1. The lowest BCUT2D eigenvalue weighted by Crippen LogP contribution is -2.54. The zero-order chi connectivity index (χ0) is 27.6. The maximum absolute atomic E-state index is 13.7. The van der Waals surface area contributed by atoms with Crippen LogP contribution in [0.4, 0.5) is 0 Å². The Balaban J connectivity index is 1.72. The monoisotopic (exact) mass is 541 g/mol. The van der Waals surface area contributed by atoms with E-state index in [1.54, 1.807) is 33.9 Å². The third-order valence-electron chi connectivity index (χ3n) is 7.34. The summed E-state index contributed by atoms with van der Waals surface area (Å²) in [4.78, 5) is 15.2. The molecule has 2 aliphatic heterocycles. The number of nitrogens with one attached hydrogen (secondary N) is 1. The molecule has 2 N–H and O–H groups in total. The Morgan fingerprint density at radius 2 is 1.84 bits per heavy atom. The molecular formula is C28H35N3O6S. The summed E-state index contributed by atoms with van der Waals surface area (Å²) in [5.74, 6) is 0.302. The number of aliphatic hydroxyl groups excluding tert-OH is 1. The van der Waals surface area contributed by atoms with Crippen LogP contribution >= 0.6 is 0 Å². The van der Waals surface area contributed by atoms with Gasteiger partial charge in [-0.1, -0.05) is 30.3 Å². The number of nitrogens with zero attached hydrogens (tertiary/aromatic N) is 2. The van der Waals surface area contributed by atoms with Gasteiger partial charge in [-0.15, -0.1) is 4.40 Å². The molecule has 2 aliphatic rings. The van der Waals surface area contributed by atoms with E-state index in [9.17, 15) is 18.3 Å². The summed E-state index contributed by atoms with van der Waals surface area (Å²) in [6, 6.07) is 10.5. The van der Waals surface area contributed by atoms with Gasteiger partial charge >= 0.3 is 5.97 Å². The van der Waals surface area contributed by atoms with Crippen LogP contribution in [0.5, 0.6) is 5.75 Å². The van der Waals surface area contributed by atoms with E-state index in [4.69, 9.17) is 9.47 Å². The first-order valence-electron chi connectivity index (χ1n) is 12.7. The quantitative estimate of drug-likeness (QED) is 0.488. The summed E-state index contributed by atoms with van der Waals surface area (Å²) < 4.78 is 42.6. The van der Waals surface area contributed by atoms with Crippen LogP contribution in [0.2, 0.25) is 0 Å². The molecule has 204 valence electrons. The summed E-state index contributed by atoms with van der Waals surface area (Å²) in [5.41, 5.74) is 3.66. The molecule has 4 rings (SSSR count). The number of sulfonamides is 1. The van der Waals surface area contributed by atoms with Crippen LogP contribution < -0.4 is 10.1 Å². The molecule has 1 saturated heterocycles. The second kappa shape index (κ2) is 11.2. The summed E-state index contributed by atoms with van der Waals surface area (Å²) in [6.07, 6.45) is 1.70. The Morgan fingerprint density at radius 3 is 2.50 bits per heavy atom. The molecule has 2 atom stereocenters. The number of aliphatic hydroxyl groups is 1. The predicted molar refractivity (Wildman–Crippen MR) is 144 cm³/mol. The van der Waals surface area contributed by atoms with E-state index in [1.165, 1.54) is 0 Å². The van der Waals surface area contributed by atoms with E-state index in [0.29, 0.717) is 47.4 Å². The first-order valence-corrected chi connectivity index (χ1v) is 14.1. The van der Waals surface area contributed by atoms with E-state index < -0.39 is 22.0 Å². The number of fused-ring (bicyclic) bond motifs is 1. The van der Waals surface area contributed by atoms with Crippen molar-refractivity contribution < 1.29 is 27.8 Å². The number of hydrogen-bond donors (Lipinski definition) is 2. The fraction of sp³-hybridized carbons (Fsp3) is 0.429. The molecule has 0 saturated carbocycles. The van der Waals surface area contributed by atoms with E-state index >= 15 is 0 Å². The van der Waals surface area contributed by atoms with E-state index in [1.807, 2.05) is 42.2 Å². The van der Waals surface area contributed by atoms with E-state index in [0.717, 1.165) is 11.1 Å². The van der Waals surface area contributed by atoms with Crippen molar-refractivity contribution in [2.45, 2.75) is 70.5 Å². The molecule has 0 aromatic heterocycles. The van der Waals surface area contributed by atoms with Gasteiger partial charge in [-0.2, -0.15) is 8.42 Å². The Bertz CT molecular complexity index is 1390.